The third-order valence-electron chi connectivity index (χ3n) is 12.4. The minimum Gasteiger partial charge on any atom is -0.309 e. The highest BCUT2D eigenvalue weighted by atomic mass is 15.0. The van der Waals surface area contributed by atoms with E-state index in [4.69, 9.17) is 4.98 Å². The molecule has 12 aromatic rings. The maximum atomic E-state index is 5.35. The summed E-state index contributed by atoms with van der Waals surface area (Å²) >= 11 is 0. The number of benzene rings is 10. The van der Waals surface area contributed by atoms with Crippen LogP contribution in [0, 0.1) is 0 Å². The van der Waals surface area contributed by atoms with Crippen LogP contribution in [0.4, 0.5) is 0 Å². The van der Waals surface area contributed by atoms with Crippen molar-refractivity contribution in [1.82, 2.24) is 9.55 Å². The van der Waals surface area contributed by atoms with Crippen LogP contribution in [0.2, 0.25) is 0 Å². The summed E-state index contributed by atoms with van der Waals surface area (Å²) in [7, 11) is 0. The molecule has 12 rings (SSSR count). The largest absolute Gasteiger partial charge is 0.309 e. The number of nitrogens with zero attached hydrogens (tertiary/aromatic N) is 2. The first-order valence-corrected chi connectivity index (χ1v) is 20.9. The minimum atomic E-state index is 0.953. The summed E-state index contributed by atoms with van der Waals surface area (Å²) in [6.07, 6.45) is 0. The first-order valence-electron chi connectivity index (χ1n) is 20.9. The molecule has 2 nitrogen and oxygen atoms in total. The molecule has 0 unspecified atom stereocenters. The van der Waals surface area contributed by atoms with Gasteiger partial charge in [-0.05, 0) is 114 Å². The lowest BCUT2D eigenvalue weighted by Crippen LogP contribution is -1.93. The number of pyridine rings is 1. The molecular weight excluding hydrogens is 737 g/mol. The van der Waals surface area contributed by atoms with Crippen LogP contribution in [0.5, 0.6) is 0 Å². The highest BCUT2D eigenvalue weighted by molar-refractivity contribution is 6.09. The summed E-state index contributed by atoms with van der Waals surface area (Å²) in [6.45, 7) is 0. The minimum absolute atomic E-state index is 0.953. The second-order valence-electron chi connectivity index (χ2n) is 16.0. The number of hydrogen-bond donors (Lipinski definition) is 0. The SMILES string of the molecule is c1ccc2c(-c3cc(-c4ccc(-c5ccc6cc(-c7ccc(-n8c9ccccc9c9ccccc98)cc7)ccc6c5)cc4)nc(-c4cccc5ccccc45)c3)cccc2c1. The molecule has 0 atom stereocenters. The highest BCUT2D eigenvalue weighted by Crippen LogP contribution is 2.38. The molecule has 0 spiro atoms. The Balaban J connectivity index is 0.867. The van der Waals surface area contributed by atoms with Crippen LogP contribution in [-0.2, 0) is 0 Å². The zero-order valence-corrected chi connectivity index (χ0v) is 33.3. The van der Waals surface area contributed by atoms with E-state index in [9.17, 15) is 0 Å². The fourth-order valence-electron chi connectivity index (χ4n) is 9.34. The van der Waals surface area contributed by atoms with Gasteiger partial charge in [-0.3, -0.25) is 0 Å². The smallest absolute Gasteiger partial charge is 0.0721 e. The van der Waals surface area contributed by atoms with Gasteiger partial charge in [-0.1, -0.05) is 182 Å². The molecule has 0 fully saturated rings. The van der Waals surface area contributed by atoms with Crippen molar-refractivity contribution < 1.29 is 0 Å². The van der Waals surface area contributed by atoms with E-state index in [-0.39, 0.29) is 0 Å². The van der Waals surface area contributed by atoms with Gasteiger partial charge in [0.1, 0.15) is 0 Å². The summed E-state index contributed by atoms with van der Waals surface area (Å²) in [5.41, 5.74) is 14.9. The van der Waals surface area contributed by atoms with Crippen LogP contribution >= 0.6 is 0 Å². The van der Waals surface area contributed by atoms with E-state index < -0.39 is 0 Å². The second kappa shape index (κ2) is 14.3. The summed E-state index contributed by atoms with van der Waals surface area (Å²) in [6, 6.07) is 83.5. The molecule has 2 heterocycles. The van der Waals surface area contributed by atoms with Crippen molar-refractivity contribution in [3.63, 3.8) is 0 Å². The van der Waals surface area contributed by atoms with E-state index in [1.165, 1.54) is 81.9 Å². The lowest BCUT2D eigenvalue weighted by atomic mass is 9.94. The van der Waals surface area contributed by atoms with Gasteiger partial charge in [-0.25, -0.2) is 4.98 Å². The van der Waals surface area contributed by atoms with E-state index >= 15 is 0 Å². The predicted octanol–water partition coefficient (Wildman–Crippen LogP) is 16.0. The Morgan fingerprint density at radius 1 is 0.262 bits per heavy atom. The number of fused-ring (bicyclic) bond motifs is 6. The van der Waals surface area contributed by atoms with Crippen LogP contribution in [-0.4, -0.2) is 9.55 Å². The van der Waals surface area contributed by atoms with Gasteiger partial charge >= 0.3 is 0 Å². The first kappa shape index (κ1) is 34.9. The van der Waals surface area contributed by atoms with Crippen LogP contribution in [0.15, 0.2) is 231 Å². The topological polar surface area (TPSA) is 17.8 Å². The quantitative estimate of drug-likeness (QED) is 0.165. The average molecular weight is 775 g/mol. The van der Waals surface area contributed by atoms with Crippen molar-refractivity contribution in [3.05, 3.63) is 231 Å². The van der Waals surface area contributed by atoms with Gasteiger partial charge in [-0.15, -0.1) is 0 Å². The van der Waals surface area contributed by atoms with E-state index in [0.29, 0.717) is 0 Å². The Morgan fingerprint density at radius 3 is 1.31 bits per heavy atom. The number of para-hydroxylation sites is 2. The Bertz CT molecular complexity index is 3470. The van der Waals surface area contributed by atoms with Gasteiger partial charge < -0.3 is 4.57 Å². The molecule has 0 aliphatic rings. The average Bonchev–Trinajstić information content (AvgIpc) is 3.67. The maximum absolute atomic E-state index is 5.35. The van der Waals surface area contributed by atoms with Crippen molar-refractivity contribution in [2.45, 2.75) is 0 Å². The zero-order valence-electron chi connectivity index (χ0n) is 33.3. The van der Waals surface area contributed by atoms with Gasteiger partial charge in [0.15, 0.2) is 0 Å². The number of rotatable bonds is 6. The number of hydrogen-bond acceptors (Lipinski definition) is 1. The highest BCUT2D eigenvalue weighted by Gasteiger charge is 2.15. The Hall–Kier alpha value is -8.07. The van der Waals surface area contributed by atoms with Crippen LogP contribution < -0.4 is 0 Å². The molecule has 2 heteroatoms. The zero-order chi connectivity index (χ0) is 40.3. The molecule has 0 amide bonds. The molecule has 0 saturated heterocycles. The molecule has 0 radical (unpaired) electrons. The summed E-state index contributed by atoms with van der Waals surface area (Å²) < 4.78 is 2.37. The molecular formula is C59H38N2. The predicted molar refractivity (Wildman–Crippen MR) is 258 cm³/mol. The third-order valence-corrected chi connectivity index (χ3v) is 12.4. The molecule has 0 bridgehead atoms. The van der Waals surface area contributed by atoms with Gasteiger partial charge in [0, 0.05) is 27.6 Å². The van der Waals surface area contributed by atoms with Crippen LogP contribution in [0.25, 0.3) is 116 Å². The van der Waals surface area contributed by atoms with E-state index in [2.05, 4.69) is 235 Å². The van der Waals surface area contributed by atoms with Crippen molar-refractivity contribution in [2.24, 2.45) is 0 Å². The van der Waals surface area contributed by atoms with Gasteiger partial charge in [0.05, 0.1) is 22.4 Å². The van der Waals surface area contributed by atoms with Crippen molar-refractivity contribution in [2.75, 3.05) is 0 Å². The van der Waals surface area contributed by atoms with E-state index in [1.54, 1.807) is 0 Å². The van der Waals surface area contributed by atoms with Crippen molar-refractivity contribution >= 4 is 54.1 Å². The number of aromatic nitrogens is 2. The normalized spacial score (nSPS) is 11.6. The van der Waals surface area contributed by atoms with E-state index in [1.807, 2.05) is 0 Å². The Morgan fingerprint density at radius 2 is 0.705 bits per heavy atom. The standard InChI is InChI=1S/C59H38N2/c1-3-15-50-41(11-1)13-9-19-52(50)48-37-56(60-57(38-48)53-20-10-14-42-12-2-4-16-51(42)53)43-25-23-39(24-26-43)44-27-29-47-36-45(28-30-46(47)35-44)40-31-33-49(34-32-40)61-58-21-7-5-17-54(58)55-18-6-8-22-59(55)61/h1-38H. The Labute approximate surface area is 354 Å². The molecule has 0 aliphatic heterocycles. The first-order chi connectivity index (χ1) is 30.2. The Kier molecular flexibility index (Phi) is 8.21. The summed E-state index contributed by atoms with van der Waals surface area (Å²) in [5.74, 6) is 0. The molecule has 0 saturated carbocycles. The molecule has 284 valence electrons. The van der Waals surface area contributed by atoms with Crippen molar-refractivity contribution in [3.8, 4) is 61.6 Å². The summed E-state index contributed by atoms with van der Waals surface area (Å²) in [4.78, 5) is 5.35. The lowest BCUT2D eigenvalue weighted by Gasteiger charge is -2.14. The van der Waals surface area contributed by atoms with Gasteiger partial charge in [0.2, 0.25) is 0 Å². The summed E-state index contributed by atoms with van der Waals surface area (Å²) in [5, 5.41) is 9.86. The van der Waals surface area contributed by atoms with Crippen molar-refractivity contribution in [1.29, 1.82) is 0 Å². The lowest BCUT2D eigenvalue weighted by molar-refractivity contribution is 1.18. The van der Waals surface area contributed by atoms with Crippen LogP contribution in [0.1, 0.15) is 0 Å². The molecule has 2 aromatic heterocycles. The fraction of sp³-hybridized carbons (Fsp3) is 0. The second-order valence-corrected chi connectivity index (χ2v) is 16.0. The third kappa shape index (κ3) is 6.08. The monoisotopic (exact) mass is 774 g/mol. The molecule has 10 aromatic carbocycles. The molecule has 0 aliphatic carbocycles. The van der Waals surface area contributed by atoms with Crippen LogP contribution in [0.3, 0.4) is 0 Å². The van der Waals surface area contributed by atoms with Gasteiger partial charge in [-0.2, -0.15) is 0 Å². The van der Waals surface area contributed by atoms with E-state index in [0.717, 1.165) is 33.8 Å². The maximum Gasteiger partial charge on any atom is 0.0721 e. The fourth-order valence-corrected chi connectivity index (χ4v) is 9.34. The molecule has 0 N–H and O–H groups in total. The molecule has 61 heavy (non-hydrogen) atoms. The van der Waals surface area contributed by atoms with Gasteiger partial charge in [0.25, 0.3) is 0 Å².